The van der Waals surface area contributed by atoms with E-state index in [0.29, 0.717) is 6.42 Å². The molecule has 0 aromatic heterocycles. The fourth-order valence-corrected chi connectivity index (χ4v) is 2.30. The molecule has 2 N–H and O–H groups in total. The predicted octanol–water partition coefficient (Wildman–Crippen LogP) is 3.19. The zero-order valence-corrected chi connectivity index (χ0v) is 13.1. The summed E-state index contributed by atoms with van der Waals surface area (Å²) in [5, 5.41) is 5.05. The van der Waals surface area contributed by atoms with Gasteiger partial charge < -0.3 is 10.6 Å². The van der Waals surface area contributed by atoms with Crippen LogP contribution in [-0.4, -0.2) is 17.4 Å². The Balaban J connectivity index is 2.01. The van der Waals surface area contributed by atoms with Crippen LogP contribution in [0.3, 0.4) is 0 Å². The molecule has 1 fully saturated rings. The molecule has 2 unspecified atom stereocenters. The van der Waals surface area contributed by atoms with Crippen LogP contribution >= 0.6 is 0 Å². The predicted molar refractivity (Wildman–Crippen MR) is 79.6 cm³/mol. The molecular weight excluding hydrogens is 309 g/mol. The number of hydrogen-bond donors (Lipinski definition) is 2. The Morgan fingerprint density at radius 1 is 1.04 bits per heavy atom. The Bertz CT molecular complexity index is 620. The van der Waals surface area contributed by atoms with Crippen LogP contribution in [0.4, 0.5) is 18.9 Å². The first-order chi connectivity index (χ1) is 10.5. The van der Waals surface area contributed by atoms with Crippen molar-refractivity contribution < 1.29 is 22.8 Å². The molecule has 1 saturated carbocycles. The molecule has 1 aliphatic rings. The number of benzene rings is 1. The minimum absolute atomic E-state index is 0.248. The summed E-state index contributed by atoms with van der Waals surface area (Å²) in [6.45, 7) is 5.46. The Kier molecular flexibility index (Phi) is 4.41. The maximum atomic E-state index is 12.9. The Morgan fingerprint density at radius 3 is 2.17 bits per heavy atom. The Labute approximate surface area is 132 Å². The zero-order chi connectivity index (χ0) is 17.4. The standard InChI is InChI=1S/C16H19F3N2O2/c1-15(2,3)21-14(23)10-8-9(10)13(22)20-12-7-5-4-6-11(12)16(17,18)19/h4-7,9-10H,8H2,1-3H3,(H,20,22)(H,21,23). The number of amides is 2. The van der Waals surface area contributed by atoms with Gasteiger partial charge in [-0.3, -0.25) is 9.59 Å². The molecule has 2 rings (SSSR count). The second kappa shape index (κ2) is 5.86. The SMILES string of the molecule is CC(C)(C)NC(=O)C1CC1C(=O)Nc1ccccc1C(F)(F)F. The molecule has 126 valence electrons. The van der Waals surface area contributed by atoms with Crippen molar-refractivity contribution in [2.45, 2.75) is 38.9 Å². The molecule has 4 nitrogen and oxygen atoms in total. The third-order valence-electron chi connectivity index (χ3n) is 3.45. The lowest BCUT2D eigenvalue weighted by Crippen LogP contribution is -2.42. The van der Waals surface area contributed by atoms with E-state index in [1.54, 1.807) is 0 Å². The number of hydrogen-bond acceptors (Lipinski definition) is 2. The number of carbonyl (C=O) groups excluding carboxylic acids is 2. The van der Waals surface area contributed by atoms with Crippen LogP contribution in [0.5, 0.6) is 0 Å². The van der Waals surface area contributed by atoms with Gasteiger partial charge in [-0.1, -0.05) is 12.1 Å². The molecule has 2 amide bonds. The second-order valence-electron chi connectivity index (χ2n) is 6.72. The quantitative estimate of drug-likeness (QED) is 0.895. The van der Waals surface area contributed by atoms with E-state index in [9.17, 15) is 22.8 Å². The van der Waals surface area contributed by atoms with Crippen molar-refractivity contribution in [3.8, 4) is 0 Å². The van der Waals surface area contributed by atoms with Gasteiger partial charge >= 0.3 is 6.18 Å². The average molecular weight is 328 g/mol. The first-order valence-electron chi connectivity index (χ1n) is 7.28. The minimum atomic E-state index is -4.55. The molecule has 0 aliphatic heterocycles. The van der Waals surface area contributed by atoms with E-state index in [0.717, 1.165) is 6.07 Å². The first-order valence-corrected chi connectivity index (χ1v) is 7.28. The molecule has 1 aromatic rings. The van der Waals surface area contributed by atoms with E-state index in [-0.39, 0.29) is 11.6 Å². The van der Waals surface area contributed by atoms with Crippen molar-refractivity contribution in [3.63, 3.8) is 0 Å². The van der Waals surface area contributed by atoms with Gasteiger partial charge in [0.2, 0.25) is 11.8 Å². The normalized spacial score (nSPS) is 20.8. The van der Waals surface area contributed by atoms with Crippen LogP contribution in [0, 0.1) is 11.8 Å². The van der Waals surface area contributed by atoms with Crippen LogP contribution in [0.15, 0.2) is 24.3 Å². The summed E-state index contributed by atoms with van der Waals surface area (Å²) in [5.74, 6) is -1.87. The van der Waals surface area contributed by atoms with E-state index < -0.39 is 35.0 Å². The smallest absolute Gasteiger partial charge is 0.351 e. The van der Waals surface area contributed by atoms with Crippen molar-refractivity contribution in [2.75, 3.05) is 5.32 Å². The molecule has 1 aromatic carbocycles. The van der Waals surface area contributed by atoms with Crippen molar-refractivity contribution in [2.24, 2.45) is 11.8 Å². The fraction of sp³-hybridized carbons (Fsp3) is 0.500. The fourth-order valence-electron chi connectivity index (χ4n) is 2.30. The molecular formula is C16H19F3N2O2. The summed E-state index contributed by atoms with van der Waals surface area (Å²) < 4.78 is 38.7. The summed E-state index contributed by atoms with van der Waals surface area (Å²) in [7, 11) is 0. The van der Waals surface area contributed by atoms with E-state index in [1.165, 1.54) is 18.2 Å². The van der Waals surface area contributed by atoms with Gasteiger partial charge in [0.1, 0.15) is 0 Å². The van der Waals surface area contributed by atoms with Crippen LogP contribution in [-0.2, 0) is 15.8 Å². The van der Waals surface area contributed by atoms with Gasteiger partial charge in [-0.2, -0.15) is 13.2 Å². The number of nitrogens with one attached hydrogen (secondary N) is 2. The van der Waals surface area contributed by atoms with Gasteiger partial charge in [0.25, 0.3) is 0 Å². The highest BCUT2D eigenvalue weighted by molar-refractivity contribution is 6.00. The van der Waals surface area contributed by atoms with Crippen molar-refractivity contribution >= 4 is 17.5 Å². The largest absolute Gasteiger partial charge is 0.418 e. The van der Waals surface area contributed by atoms with Crippen LogP contribution in [0.2, 0.25) is 0 Å². The summed E-state index contributed by atoms with van der Waals surface area (Å²) >= 11 is 0. The maximum absolute atomic E-state index is 12.9. The van der Waals surface area contributed by atoms with Gasteiger partial charge in [-0.25, -0.2) is 0 Å². The molecule has 0 spiro atoms. The summed E-state index contributed by atoms with van der Waals surface area (Å²) in [6.07, 6.45) is -4.20. The van der Waals surface area contributed by atoms with Gasteiger partial charge in [0.05, 0.1) is 23.1 Å². The number of para-hydroxylation sites is 1. The third-order valence-corrected chi connectivity index (χ3v) is 3.45. The van der Waals surface area contributed by atoms with Crippen LogP contribution in [0.25, 0.3) is 0 Å². The van der Waals surface area contributed by atoms with Gasteiger partial charge in [0, 0.05) is 5.54 Å². The molecule has 7 heteroatoms. The Morgan fingerprint density at radius 2 is 1.61 bits per heavy atom. The van der Waals surface area contributed by atoms with Crippen molar-refractivity contribution in [1.82, 2.24) is 5.32 Å². The molecule has 0 radical (unpaired) electrons. The number of rotatable bonds is 3. The Hall–Kier alpha value is -2.05. The van der Waals surface area contributed by atoms with Gasteiger partial charge in [-0.05, 0) is 39.3 Å². The van der Waals surface area contributed by atoms with Crippen molar-refractivity contribution in [3.05, 3.63) is 29.8 Å². The molecule has 2 atom stereocenters. The number of halogens is 3. The highest BCUT2D eigenvalue weighted by Crippen LogP contribution is 2.41. The van der Waals surface area contributed by atoms with Crippen LogP contribution in [0.1, 0.15) is 32.8 Å². The lowest BCUT2D eigenvalue weighted by Gasteiger charge is -2.20. The highest BCUT2D eigenvalue weighted by Gasteiger charge is 2.49. The van der Waals surface area contributed by atoms with Crippen molar-refractivity contribution in [1.29, 1.82) is 0 Å². The zero-order valence-electron chi connectivity index (χ0n) is 13.1. The lowest BCUT2D eigenvalue weighted by molar-refractivity contribution is -0.137. The lowest BCUT2D eigenvalue weighted by atomic mass is 10.1. The first kappa shape index (κ1) is 17.3. The van der Waals surface area contributed by atoms with E-state index in [2.05, 4.69) is 10.6 Å². The number of carbonyl (C=O) groups is 2. The molecule has 0 heterocycles. The minimum Gasteiger partial charge on any atom is -0.351 e. The molecule has 1 aliphatic carbocycles. The number of anilines is 1. The van der Waals surface area contributed by atoms with E-state index >= 15 is 0 Å². The monoisotopic (exact) mass is 328 g/mol. The van der Waals surface area contributed by atoms with E-state index in [1.807, 2.05) is 20.8 Å². The summed E-state index contributed by atoms with van der Waals surface area (Å²) in [4.78, 5) is 24.0. The average Bonchev–Trinajstić information content (AvgIpc) is 3.16. The molecule has 0 saturated heterocycles. The van der Waals surface area contributed by atoms with Crippen LogP contribution < -0.4 is 10.6 Å². The molecule has 0 bridgehead atoms. The van der Waals surface area contributed by atoms with E-state index in [4.69, 9.17) is 0 Å². The summed E-state index contributed by atoms with van der Waals surface area (Å²) in [5.41, 5.74) is -1.60. The topological polar surface area (TPSA) is 58.2 Å². The summed E-state index contributed by atoms with van der Waals surface area (Å²) in [6, 6.07) is 4.79. The third kappa shape index (κ3) is 4.46. The molecule has 23 heavy (non-hydrogen) atoms. The number of alkyl halides is 3. The second-order valence-corrected chi connectivity index (χ2v) is 6.72. The highest BCUT2D eigenvalue weighted by atomic mass is 19.4. The van der Waals surface area contributed by atoms with Gasteiger partial charge in [0.15, 0.2) is 0 Å². The maximum Gasteiger partial charge on any atom is 0.418 e. The van der Waals surface area contributed by atoms with Gasteiger partial charge in [-0.15, -0.1) is 0 Å².